The predicted octanol–water partition coefficient (Wildman–Crippen LogP) is 3.29. The van der Waals surface area contributed by atoms with Crippen LogP contribution >= 0.6 is 0 Å². The summed E-state index contributed by atoms with van der Waals surface area (Å²) in [7, 11) is 0. The van der Waals surface area contributed by atoms with Crippen LogP contribution in [-0.2, 0) is 9.59 Å². The van der Waals surface area contributed by atoms with E-state index in [4.69, 9.17) is 0 Å². The highest BCUT2D eigenvalue weighted by Gasteiger charge is 2.30. The summed E-state index contributed by atoms with van der Waals surface area (Å²) in [6, 6.07) is 0. The molecule has 0 bridgehead atoms. The standard InChI is InChI=1S/C14H22O2/c15-13-9-5-4-8-12(13)14(16)10-11-6-2-1-3-7-11/h11-12H,1-10H2. The lowest BCUT2D eigenvalue weighted by Crippen LogP contribution is -2.29. The molecule has 2 aliphatic carbocycles. The molecule has 2 saturated carbocycles. The molecule has 16 heavy (non-hydrogen) atoms. The van der Waals surface area contributed by atoms with Crippen LogP contribution in [0.4, 0.5) is 0 Å². The van der Waals surface area contributed by atoms with Gasteiger partial charge in [-0.15, -0.1) is 0 Å². The first kappa shape index (κ1) is 11.8. The zero-order chi connectivity index (χ0) is 11.4. The molecule has 0 aliphatic heterocycles. The van der Waals surface area contributed by atoms with Crippen LogP contribution in [0.5, 0.6) is 0 Å². The lowest BCUT2D eigenvalue weighted by molar-refractivity contribution is -0.135. The molecule has 2 rings (SSSR count). The number of carbonyl (C=O) groups excluding carboxylic acids is 2. The molecule has 0 aromatic heterocycles. The third kappa shape index (κ3) is 2.93. The van der Waals surface area contributed by atoms with E-state index < -0.39 is 0 Å². The van der Waals surface area contributed by atoms with E-state index in [1.807, 2.05) is 0 Å². The van der Waals surface area contributed by atoms with Gasteiger partial charge in [0.25, 0.3) is 0 Å². The molecule has 0 saturated heterocycles. The first-order valence-electron chi connectivity index (χ1n) is 6.83. The highest BCUT2D eigenvalue weighted by atomic mass is 16.1. The monoisotopic (exact) mass is 222 g/mol. The smallest absolute Gasteiger partial charge is 0.143 e. The summed E-state index contributed by atoms with van der Waals surface area (Å²) in [5, 5.41) is 0. The minimum absolute atomic E-state index is 0.215. The molecule has 1 unspecified atom stereocenters. The molecule has 0 spiro atoms. The van der Waals surface area contributed by atoms with Gasteiger partial charge in [-0.25, -0.2) is 0 Å². The van der Waals surface area contributed by atoms with E-state index in [-0.39, 0.29) is 17.5 Å². The minimum Gasteiger partial charge on any atom is -0.299 e. The fraction of sp³-hybridized carbons (Fsp3) is 0.857. The first-order chi connectivity index (χ1) is 7.77. The van der Waals surface area contributed by atoms with Gasteiger partial charge >= 0.3 is 0 Å². The molecular weight excluding hydrogens is 200 g/mol. The van der Waals surface area contributed by atoms with E-state index in [1.54, 1.807) is 0 Å². The molecule has 0 amide bonds. The van der Waals surface area contributed by atoms with Crippen molar-refractivity contribution in [1.82, 2.24) is 0 Å². The largest absolute Gasteiger partial charge is 0.299 e. The molecule has 2 heteroatoms. The van der Waals surface area contributed by atoms with E-state index in [0.717, 1.165) is 19.3 Å². The summed E-state index contributed by atoms with van der Waals surface area (Å²) >= 11 is 0. The van der Waals surface area contributed by atoms with Crippen molar-refractivity contribution < 1.29 is 9.59 Å². The number of rotatable bonds is 3. The average molecular weight is 222 g/mol. The Balaban J connectivity index is 1.83. The van der Waals surface area contributed by atoms with E-state index >= 15 is 0 Å². The molecule has 0 aromatic carbocycles. The fourth-order valence-corrected chi connectivity index (χ4v) is 3.14. The van der Waals surface area contributed by atoms with Crippen molar-refractivity contribution in [3.63, 3.8) is 0 Å². The number of carbonyl (C=O) groups is 2. The Morgan fingerprint density at radius 2 is 1.69 bits per heavy atom. The van der Waals surface area contributed by atoms with Gasteiger partial charge in [0.05, 0.1) is 5.92 Å². The Kier molecular flexibility index (Phi) is 4.14. The third-order valence-electron chi connectivity index (χ3n) is 4.16. The second-order valence-corrected chi connectivity index (χ2v) is 5.44. The van der Waals surface area contributed by atoms with Gasteiger partial charge in [-0.1, -0.05) is 38.5 Å². The van der Waals surface area contributed by atoms with Gasteiger partial charge in [-0.3, -0.25) is 9.59 Å². The van der Waals surface area contributed by atoms with Gasteiger partial charge in [0.1, 0.15) is 11.6 Å². The molecule has 2 fully saturated rings. The zero-order valence-electron chi connectivity index (χ0n) is 10.0. The Morgan fingerprint density at radius 3 is 2.38 bits per heavy atom. The second kappa shape index (κ2) is 5.60. The molecule has 90 valence electrons. The van der Waals surface area contributed by atoms with Crippen molar-refractivity contribution in [2.24, 2.45) is 11.8 Å². The third-order valence-corrected chi connectivity index (χ3v) is 4.16. The van der Waals surface area contributed by atoms with Crippen molar-refractivity contribution >= 4 is 11.6 Å². The maximum Gasteiger partial charge on any atom is 0.143 e. The number of hydrogen-bond acceptors (Lipinski definition) is 2. The van der Waals surface area contributed by atoms with Gasteiger partial charge in [-0.2, -0.15) is 0 Å². The van der Waals surface area contributed by atoms with Gasteiger partial charge in [0.2, 0.25) is 0 Å². The SMILES string of the molecule is O=C1CCCCC1C(=O)CC1CCCCC1. The van der Waals surface area contributed by atoms with Crippen LogP contribution < -0.4 is 0 Å². The lowest BCUT2D eigenvalue weighted by atomic mass is 9.79. The zero-order valence-corrected chi connectivity index (χ0v) is 10.0. The van der Waals surface area contributed by atoms with E-state index in [9.17, 15) is 9.59 Å². The summed E-state index contributed by atoms with van der Waals surface area (Å²) in [5.74, 6) is 0.815. The topological polar surface area (TPSA) is 34.1 Å². The highest BCUT2D eigenvalue weighted by molar-refractivity contribution is 6.02. The van der Waals surface area contributed by atoms with Gasteiger partial charge in [-0.05, 0) is 18.8 Å². The summed E-state index contributed by atoms with van der Waals surface area (Å²) in [4.78, 5) is 23.7. The highest BCUT2D eigenvalue weighted by Crippen LogP contribution is 2.30. The normalized spacial score (nSPS) is 28.0. The number of hydrogen-bond donors (Lipinski definition) is 0. The van der Waals surface area contributed by atoms with Crippen LogP contribution in [0.1, 0.15) is 64.2 Å². The van der Waals surface area contributed by atoms with Gasteiger partial charge < -0.3 is 0 Å². The minimum atomic E-state index is -0.226. The maximum absolute atomic E-state index is 12.1. The second-order valence-electron chi connectivity index (χ2n) is 5.44. The van der Waals surface area contributed by atoms with E-state index in [2.05, 4.69) is 0 Å². The molecule has 0 radical (unpaired) electrons. The van der Waals surface area contributed by atoms with Crippen molar-refractivity contribution in [2.75, 3.05) is 0 Å². The van der Waals surface area contributed by atoms with E-state index in [1.165, 1.54) is 32.1 Å². The van der Waals surface area contributed by atoms with E-state index in [0.29, 0.717) is 18.8 Å². The Morgan fingerprint density at radius 1 is 1.00 bits per heavy atom. The van der Waals surface area contributed by atoms with Crippen molar-refractivity contribution in [3.05, 3.63) is 0 Å². The summed E-state index contributed by atoms with van der Waals surface area (Å²) in [6.07, 6.45) is 10.5. The summed E-state index contributed by atoms with van der Waals surface area (Å²) < 4.78 is 0. The Labute approximate surface area is 97.8 Å². The molecule has 2 nitrogen and oxygen atoms in total. The first-order valence-corrected chi connectivity index (χ1v) is 6.83. The average Bonchev–Trinajstić information content (AvgIpc) is 2.31. The van der Waals surface area contributed by atoms with Gasteiger partial charge in [0, 0.05) is 12.8 Å². The van der Waals surface area contributed by atoms with Crippen LogP contribution in [0.25, 0.3) is 0 Å². The van der Waals surface area contributed by atoms with Crippen molar-refractivity contribution in [2.45, 2.75) is 64.2 Å². The van der Waals surface area contributed by atoms with Crippen LogP contribution in [-0.4, -0.2) is 11.6 Å². The Hall–Kier alpha value is -0.660. The molecule has 2 aliphatic rings. The fourth-order valence-electron chi connectivity index (χ4n) is 3.14. The van der Waals surface area contributed by atoms with Crippen LogP contribution in [0.2, 0.25) is 0 Å². The van der Waals surface area contributed by atoms with Gasteiger partial charge in [0.15, 0.2) is 0 Å². The van der Waals surface area contributed by atoms with Crippen LogP contribution in [0, 0.1) is 11.8 Å². The van der Waals surface area contributed by atoms with Crippen LogP contribution in [0.15, 0.2) is 0 Å². The maximum atomic E-state index is 12.1. The lowest BCUT2D eigenvalue weighted by Gasteiger charge is -2.24. The number of Topliss-reactive ketones (excluding diaryl/α,β-unsaturated/α-hetero) is 2. The predicted molar refractivity (Wildman–Crippen MR) is 63.2 cm³/mol. The quantitative estimate of drug-likeness (QED) is 0.687. The molecule has 0 heterocycles. The molecular formula is C14H22O2. The van der Waals surface area contributed by atoms with Crippen LogP contribution in [0.3, 0.4) is 0 Å². The number of ketones is 2. The molecule has 0 N–H and O–H groups in total. The van der Waals surface area contributed by atoms with Crippen molar-refractivity contribution in [1.29, 1.82) is 0 Å². The molecule has 1 atom stereocenters. The van der Waals surface area contributed by atoms with Crippen molar-refractivity contribution in [3.8, 4) is 0 Å². The summed E-state index contributed by atoms with van der Waals surface area (Å²) in [6.45, 7) is 0. The summed E-state index contributed by atoms with van der Waals surface area (Å²) in [5.41, 5.74) is 0. The molecule has 0 aromatic rings. The Bertz CT molecular complexity index is 264.